The van der Waals surface area contributed by atoms with Crippen molar-refractivity contribution in [3.8, 4) is 0 Å². The second-order valence-corrected chi connectivity index (χ2v) is 11.2. The summed E-state index contributed by atoms with van der Waals surface area (Å²) in [7, 11) is -3.71. The number of halogens is 1. The first-order valence-corrected chi connectivity index (χ1v) is 12.3. The number of hydrogen-bond acceptors (Lipinski definition) is 8. The number of hydroxylamine groups is 2. The molecule has 11 heteroatoms. The number of nitrogens with one attached hydrogen (secondary N) is 1. The van der Waals surface area contributed by atoms with E-state index in [1.165, 1.54) is 11.3 Å². The van der Waals surface area contributed by atoms with Crippen molar-refractivity contribution in [1.82, 2.24) is 14.8 Å². The third-order valence-corrected chi connectivity index (χ3v) is 7.24. The Morgan fingerprint density at radius 1 is 1.34 bits per heavy atom. The zero-order valence-electron chi connectivity index (χ0n) is 15.6. The molecule has 29 heavy (non-hydrogen) atoms. The summed E-state index contributed by atoms with van der Waals surface area (Å²) in [6.07, 6.45) is -1.07. The maximum Gasteiger partial charge on any atom is 0.230 e. The lowest BCUT2D eigenvalue weighted by atomic mass is 9.78. The Balaban J connectivity index is 1.85. The van der Waals surface area contributed by atoms with Crippen molar-refractivity contribution >= 4 is 42.9 Å². The van der Waals surface area contributed by atoms with Gasteiger partial charge in [0.05, 0.1) is 34.0 Å². The number of rotatable bonds is 4. The van der Waals surface area contributed by atoms with Crippen LogP contribution in [0.2, 0.25) is 0 Å². The highest BCUT2D eigenvalue weighted by atomic mass is 79.9. The molecule has 2 aliphatic rings. The van der Waals surface area contributed by atoms with Gasteiger partial charge in [-0.15, -0.1) is 11.3 Å². The maximum atomic E-state index is 12.0. The summed E-state index contributed by atoms with van der Waals surface area (Å²) >= 11 is 4.66. The summed E-state index contributed by atoms with van der Waals surface area (Å²) in [4.78, 5) is 4.92. The Morgan fingerprint density at radius 3 is 2.72 bits per heavy atom. The Labute approximate surface area is 180 Å². The number of sulfonamides is 1. The Morgan fingerprint density at radius 2 is 2.07 bits per heavy atom. The largest absolute Gasteiger partial charge is 0.389 e. The monoisotopic (exact) mass is 501 g/mol. The number of aromatic nitrogens is 1. The highest BCUT2D eigenvalue weighted by molar-refractivity contribution is 9.10. The second-order valence-electron chi connectivity index (χ2n) is 7.29. The zero-order valence-corrected chi connectivity index (χ0v) is 18.8. The van der Waals surface area contributed by atoms with Gasteiger partial charge in [-0.25, -0.2) is 18.5 Å². The fourth-order valence-corrected chi connectivity index (χ4v) is 6.01. The van der Waals surface area contributed by atoms with E-state index >= 15 is 0 Å². The van der Waals surface area contributed by atoms with Gasteiger partial charge in [-0.3, -0.25) is 9.93 Å². The molecule has 4 unspecified atom stereocenters. The molecular weight excluding hydrogens is 482 g/mol. The highest BCUT2D eigenvalue weighted by Gasteiger charge is 2.52. The summed E-state index contributed by atoms with van der Waals surface area (Å²) < 4.78 is 27.2. The van der Waals surface area contributed by atoms with E-state index in [0.717, 1.165) is 21.4 Å². The van der Waals surface area contributed by atoms with Gasteiger partial charge in [0.25, 0.3) is 0 Å². The lowest BCUT2D eigenvalue weighted by Gasteiger charge is -2.34. The minimum Gasteiger partial charge on any atom is -0.389 e. The van der Waals surface area contributed by atoms with Crippen molar-refractivity contribution in [1.29, 1.82) is 0 Å². The normalized spacial score (nSPS) is 26.5. The topological polar surface area (TPSA) is 123 Å². The number of aryl methyl sites for hydroxylation is 1. The first kappa shape index (κ1) is 20.8. The molecule has 4 N–H and O–H groups in total. The summed E-state index contributed by atoms with van der Waals surface area (Å²) in [5.41, 5.74) is 1.69. The predicted molar refractivity (Wildman–Crippen MR) is 111 cm³/mol. The van der Waals surface area contributed by atoms with Gasteiger partial charge in [0.15, 0.2) is 0 Å². The molecular formula is C18H20BrN3O5S2. The molecule has 0 saturated carbocycles. The van der Waals surface area contributed by atoms with E-state index in [9.17, 15) is 23.8 Å². The Kier molecular flexibility index (Phi) is 5.24. The van der Waals surface area contributed by atoms with Crippen LogP contribution in [0.5, 0.6) is 0 Å². The van der Waals surface area contributed by atoms with E-state index in [2.05, 4.69) is 25.6 Å². The first-order chi connectivity index (χ1) is 13.6. The Hall–Kier alpha value is -1.50. The molecule has 1 aromatic heterocycles. The summed E-state index contributed by atoms with van der Waals surface area (Å²) in [6.45, 7) is 1.77. The molecule has 0 fully saturated rings. The molecule has 0 spiro atoms. The van der Waals surface area contributed by atoms with Crippen LogP contribution >= 0.6 is 27.3 Å². The van der Waals surface area contributed by atoms with E-state index in [1.807, 2.05) is 24.3 Å². The van der Waals surface area contributed by atoms with Gasteiger partial charge in [-0.05, 0) is 31.0 Å². The van der Waals surface area contributed by atoms with Crippen LogP contribution in [-0.4, -0.2) is 52.3 Å². The van der Waals surface area contributed by atoms with Gasteiger partial charge in [-0.2, -0.15) is 0 Å². The molecule has 8 nitrogen and oxygen atoms in total. The number of fused-ring (bicyclic) bond motifs is 3. The van der Waals surface area contributed by atoms with Gasteiger partial charge in [0.2, 0.25) is 10.0 Å². The third-order valence-electron chi connectivity index (χ3n) is 5.14. The number of aliphatic hydroxyl groups excluding tert-OH is 2. The molecule has 1 aliphatic carbocycles. The highest BCUT2D eigenvalue weighted by Crippen LogP contribution is 2.51. The number of aliphatic hydroxyl groups is 2. The van der Waals surface area contributed by atoms with Crippen LogP contribution in [-0.2, 0) is 16.4 Å². The van der Waals surface area contributed by atoms with Crippen LogP contribution in [0.4, 0.5) is 0 Å². The smallest absolute Gasteiger partial charge is 0.230 e. The van der Waals surface area contributed by atoms with Crippen LogP contribution in [0.1, 0.15) is 27.2 Å². The first-order valence-electron chi connectivity index (χ1n) is 8.85. The molecule has 2 heterocycles. The van der Waals surface area contributed by atoms with Crippen molar-refractivity contribution in [2.45, 2.75) is 31.6 Å². The van der Waals surface area contributed by atoms with Crippen LogP contribution in [0.15, 0.2) is 34.6 Å². The van der Waals surface area contributed by atoms with Crippen molar-refractivity contribution in [3.05, 3.63) is 55.7 Å². The van der Waals surface area contributed by atoms with Crippen molar-refractivity contribution in [3.63, 3.8) is 0 Å². The molecule has 0 amide bonds. The van der Waals surface area contributed by atoms with Crippen molar-refractivity contribution < 1.29 is 23.8 Å². The number of hydrogen-bond donors (Lipinski definition) is 4. The minimum atomic E-state index is -3.71. The summed E-state index contributed by atoms with van der Waals surface area (Å²) in [5, 5.41) is 34.0. The van der Waals surface area contributed by atoms with Crippen molar-refractivity contribution in [2.75, 3.05) is 6.26 Å². The van der Waals surface area contributed by atoms with Crippen LogP contribution in [0.25, 0.3) is 5.57 Å². The van der Waals surface area contributed by atoms with E-state index in [4.69, 9.17) is 0 Å². The number of nitrogens with zero attached hydrogens (tertiary/aromatic N) is 2. The van der Waals surface area contributed by atoms with Gasteiger partial charge in [0, 0.05) is 16.0 Å². The van der Waals surface area contributed by atoms with E-state index in [1.54, 1.807) is 6.92 Å². The van der Waals surface area contributed by atoms with Crippen LogP contribution in [0.3, 0.4) is 0 Å². The summed E-state index contributed by atoms with van der Waals surface area (Å²) in [6, 6.07) is 6.81. The van der Waals surface area contributed by atoms with Crippen molar-refractivity contribution in [2.24, 2.45) is 5.92 Å². The van der Waals surface area contributed by atoms with E-state index < -0.39 is 34.2 Å². The molecule has 1 aromatic carbocycles. The number of benzene rings is 1. The molecule has 2 aromatic rings. The SMILES string of the molecule is Cc1nc2c(s1)C(O)C(O)C1C2=C(NS(C)(=O)=O)N(O)C1Cc1cccc(Br)c1. The summed E-state index contributed by atoms with van der Waals surface area (Å²) in [5.74, 6) is -0.762. The molecule has 4 rings (SSSR count). The molecule has 0 saturated heterocycles. The van der Waals surface area contributed by atoms with E-state index in [-0.39, 0.29) is 5.82 Å². The van der Waals surface area contributed by atoms with Gasteiger partial charge < -0.3 is 10.2 Å². The fraction of sp³-hybridized carbons (Fsp3) is 0.389. The van der Waals surface area contributed by atoms with Crippen LogP contribution in [0, 0.1) is 12.8 Å². The average Bonchev–Trinajstić information content (AvgIpc) is 3.12. The van der Waals surface area contributed by atoms with Gasteiger partial charge >= 0.3 is 0 Å². The zero-order chi connectivity index (χ0) is 21.1. The van der Waals surface area contributed by atoms with E-state index in [0.29, 0.717) is 27.6 Å². The molecule has 1 aliphatic heterocycles. The number of thiazole rings is 1. The predicted octanol–water partition coefficient (Wildman–Crippen LogP) is 1.77. The molecule has 4 atom stereocenters. The van der Waals surface area contributed by atoms with Crippen LogP contribution < -0.4 is 4.72 Å². The Bertz CT molecular complexity index is 1100. The minimum absolute atomic E-state index is 0.0324. The standard InChI is InChI=1S/C18H20BrN3O5S2/c1-8-20-14-13-12(15(23)16(24)17(14)28-8)11(7-9-4-3-5-10(19)6-9)22(25)18(13)21-29(2,26)27/h3-6,11-12,15-16,21,23-25H,7H2,1-2H3. The average molecular weight is 502 g/mol. The van der Waals surface area contributed by atoms with Gasteiger partial charge in [0.1, 0.15) is 11.9 Å². The van der Waals surface area contributed by atoms with Gasteiger partial charge in [-0.1, -0.05) is 28.1 Å². The maximum absolute atomic E-state index is 12.0. The molecule has 156 valence electrons. The molecule has 0 radical (unpaired) electrons. The third kappa shape index (κ3) is 3.71. The molecule has 0 bridgehead atoms. The second kappa shape index (κ2) is 7.33. The lowest BCUT2D eigenvalue weighted by molar-refractivity contribution is -0.114. The lowest BCUT2D eigenvalue weighted by Crippen LogP contribution is -2.43. The fourth-order valence-electron chi connectivity index (χ4n) is 4.04. The quantitative estimate of drug-likeness (QED) is 0.503.